The molecule has 3 heterocycles. The lowest BCUT2D eigenvalue weighted by atomic mass is 10.2. The zero-order valence-corrected chi connectivity index (χ0v) is 15.1. The van der Waals surface area contributed by atoms with Crippen LogP contribution in [0.2, 0.25) is 0 Å². The fourth-order valence-corrected chi connectivity index (χ4v) is 4.20. The van der Waals surface area contributed by atoms with Crippen LogP contribution in [0.25, 0.3) is 10.2 Å². The van der Waals surface area contributed by atoms with Crippen molar-refractivity contribution in [2.24, 2.45) is 0 Å². The van der Waals surface area contributed by atoms with Gasteiger partial charge in [-0.1, -0.05) is 36.3 Å². The quantitative estimate of drug-likeness (QED) is 0.737. The number of rotatable bonds is 3. The molecule has 0 saturated carbocycles. The maximum Gasteiger partial charge on any atom is 0.189 e. The number of para-hydroxylation sites is 1. The molecule has 0 atom stereocenters. The first kappa shape index (κ1) is 16.1. The Morgan fingerprint density at radius 1 is 1.12 bits per heavy atom. The van der Waals surface area contributed by atoms with Gasteiger partial charge in [0.2, 0.25) is 0 Å². The number of hydrogen-bond donors (Lipinski definition) is 2. The van der Waals surface area contributed by atoms with Gasteiger partial charge in [-0.15, -0.1) is 0 Å². The number of nitrogen functional groups attached to an aromatic ring is 1. The van der Waals surface area contributed by atoms with Crippen molar-refractivity contribution in [3.8, 4) is 0 Å². The van der Waals surface area contributed by atoms with Gasteiger partial charge in [-0.2, -0.15) is 0 Å². The largest absolute Gasteiger partial charge is 0.393 e. The summed E-state index contributed by atoms with van der Waals surface area (Å²) in [6.07, 6.45) is 6.50. The zero-order chi connectivity index (χ0) is 17.2. The third kappa shape index (κ3) is 3.24. The summed E-state index contributed by atoms with van der Waals surface area (Å²) in [6.45, 7) is 4.07. The third-order valence-corrected chi connectivity index (χ3v) is 5.55. The minimum atomic E-state index is 0.598. The normalized spacial score (nSPS) is 15.3. The van der Waals surface area contributed by atoms with Crippen LogP contribution in [0.5, 0.6) is 0 Å². The topological polar surface area (TPSA) is 80.0 Å². The Hall–Kier alpha value is -2.41. The number of hydrogen-bond acceptors (Lipinski definition) is 7. The van der Waals surface area contributed by atoms with E-state index in [0.29, 0.717) is 11.5 Å². The van der Waals surface area contributed by atoms with Crippen LogP contribution in [0.1, 0.15) is 31.2 Å². The molecule has 0 radical (unpaired) electrons. The summed E-state index contributed by atoms with van der Waals surface area (Å²) in [4.78, 5) is 15.7. The van der Waals surface area contributed by atoms with Crippen molar-refractivity contribution in [1.29, 1.82) is 0 Å². The number of benzene rings is 1. The van der Waals surface area contributed by atoms with E-state index in [1.165, 1.54) is 31.2 Å². The number of aryl methyl sites for hydroxylation is 1. The second kappa shape index (κ2) is 6.84. The molecule has 0 aliphatic carbocycles. The maximum absolute atomic E-state index is 6.38. The van der Waals surface area contributed by atoms with Crippen molar-refractivity contribution < 1.29 is 0 Å². The second-order valence-electron chi connectivity index (χ2n) is 6.43. The van der Waals surface area contributed by atoms with E-state index in [0.717, 1.165) is 34.3 Å². The van der Waals surface area contributed by atoms with Crippen LogP contribution in [-0.4, -0.2) is 28.0 Å². The maximum atomic E-state index is 6.38. The molecular formula is C18H22N6S. The molecule has 1 aliphatic rings. The molecule has 1 aromatic carbocycles. The van der Waals surface area contributed by atoms with Crippen LogP contribution in [0.3, 0.4) is 0 Å². The highest BCUT2D eigenvalue weighted by Gasteiger charge is 2.17. The Kier molecular flexibility index (Phi) is 4.40. The van der Waals surface area contributed by atoms with Gasteiger partial charge in [0, 0.05) is 13.1 Å². The smallest absolute Gasteiger partial charge is 0.189 e. The van der Waals surface area contributed by atoms with E-state index in [2.05, 4.69) is 50.3 Å². The first-order valence-electron chi connectivity index (χ1n) is 8.71. The second-order valence-corrected chi connectivity index (χ2v) is 7.46. The molecule has 3 N–H and O–H groups in total. The molecular weight excluding hydrogens is 332 g/mol. The molecule has 1 fully saturated rings. The molecule has 1 saturated heterocycles. The van der Waals surface area contributed by atoms with Crippen molar-refractivity contribution in [3.63, 3.8) is 0 Å². The minimum absolute atomic E-state index is 0.598. The highest BCUT2D eigenvalue weighted by molar-refractivity contribution is 7.22. The van der Waals surface area contributed by atoms with Gasteiger partial charge in [0.1, 0.15) is 12.0 Å². The summed E-state index contributed by atoms with van der Waals surface area (Å²) in [5.74, 6) is 1.46. The molecule has 130 valence electrons. The van der Waals surface area contributed by atoms with Crippen LogP contribution < -0.4 is 16.0 Å². The molecule has 4 rings (SSSR count). The van der Waals surface area contributed by atoms with Gasteiger partial charge in [-0.3, -0.25) is 0 Å². The monoisotopic (exact) mass is 354 g/mol. The van der Waals surface area contributed by atoms with E-state index in [1.54, 1.807) is 17.7 Å². The summed E-state index contributed by atoms with van der Waals surface area (Å²) in [5, 5.41) is 4.09. The van der Waals surface area contributed by atoms with Crippen LogP contribution in [0.4, 0.5) is 22.5 Å². The van der Waals surface area contributed by atoms with E-state index in [4.69, 9.17) is 5.73 Å². The Bertz CT molecular complexity index is 882. The van der Waals surface area contributed by atoms with Crippen LogP contribution >= 0.6 is 11.3 Å². The van der Waals surface area contributed by atoms with Gasteiger partial charge in [0.15, 0.2) is 16.8 Å². The van der Waals surface area contributed by atoms with E-state index in [1.807, 2.05) is 0 Å². The van der Waals surface area contributed by atoms with Crippen molar-refractivity contribution in [1.82, 2.24) is 15.0 Å². The number of thiazole rings is 1. The van der Waals surface area contributed by atoms with Gasteiger partial charge in [-0.25, -0.2) is 15.0 Å². The van der Waals surface area contributed by atoms with Gasteiger partial charge < -0.3 is 16.0 Å². The van der Waals surface area contributed by atoms with Crippen LogP contribution in [0, 0.1) is 6.92 Å². The highest BCUT2D eigenvalue weighted by Crippen LogP contribution is 2.33. The summed E-state index contributed by atoms with van der Waals surface area (Å²) in [7, 11) is 0. The Labute approximate surface area is 151 Å². The van der Waals surface area contributed by atoms with Gasteiger partial charge in [0.25, 0.3) is 0 Å². The third-order valence-electron chi connectivity index (χ3n) is 4.61. The molecule has 1 aliphatic heterocycles. The number of nitrogens with one attached hydrogen (secondary N) is 1. The van der Waals surface area contributed by atoms with Crippen molar-refractivity contribution >= 4 is 44.0 Å². The predicted octanol–water partition coefficient (Wildman–Crippen LogP) is 4.10. The molecule has 6 nitrogen and oxygen atoms in total. The number of anilines is 4. The fourth-order valence-electron chi connectivity index (χ4n) is 3.26. The van der Waals surface area contributed by atoms with Gasteiger partial charge >= 0.3 is 0 Å². The zero-order valence-electron chi connectivity index (χ0n) is 14.3. The molecule has 7 heteroatoms. The SMILES string of the molecule is Cc1cccc2sc(Nc3ncnc(N4CCCCCC4)c3N)nc12. The summed E-state index contributed by atoms with van der Waals surface area (Å²) < 4.78 is 1.16. The van der Waals surface area contributed by atoms with E-state index in [-0.39, 0.29) is 0 Å². The Morgan fingerprint density at radius 2 is 1.92 bits per heavy atom. The standard InChI is InChI=1S/C18H22N6S/c1-12-7-6-8-13-15(12)22-18(25-13)23-16-14(19)17(21-11-20-16)24-9-4-2-3-5-10-24/h6-8,11H,2-5,9-10,19H2,1H3,(H,20,21,22,23). The van der Waals surface area contributed by atoms with E-state index in [9.17, 15) is 0 Å². The lowest BCUT2D eigenvalue weighted by Crippen LogP contribution is -2.26. The number of nitrogens with zero attached hydrogens (tertiary/aromatic N) is 4. The molecule has 3 aromatic rings. The van der Waals surface area contributed by atoms with Crippen molar-refractivity contribution in [2.45, 2.75) is 32.6 Å². The first-order valence-corrected chi connectivity index (χ1v) is 9.52. The Balaban J connectivity index is 1.63. The molecule has 2 aromatic heterocycles. The predicted molar refractivity (Wildman–Crippen MR) is 105 cm³/mol. The average molecular weight is 354 g/mol. The number of nitrogens with two attached hydrogens (primary N) is 1. The molecule has 0 unspecified atom stereocenters. The summed E-state index contributed by atoms with van der Waals surface area (Å²) >= 11 is 1.61. The number of aromatic nitrogens is 3. The van der Waals surface area contributed by atoms with Crippen molar-refractivity contribution in [3.05, 3.63) is 30.1 Å². The fraction of sp³-hybridized carbons (Fsp3) is 0.389. The van der Waals surface area contributed by atoms with Crippen LogP contribution in [0.15, 0.2) is 24.5 Å². The van der Waals surface area contributed by atoms with Gasteiger partial charge in [-0.05, 0) is 31.4 Å². The number of fused-ring (bicyclic) bond motifs is 1. The molecule has 0 amide bonds. The Morgan fingerprint density at radius 3 is 2.68 bits per heavy atom. The summed E-state index contributed by atoms with van der Waals surface area (Å²) in [5.41, 5.74) is 9.18. The van der Waals surface area contributed by atoms with Crippen molar-refractivity contribution in [2.75, 3.05) is 29.0 Å². The molecule has 0 spiro atoms. The molecule has 25 heavy (non-hydrogen) atoms. The van der Waals surface area contributed by atoms with Crippen LogP contribution in [-0.2, 0) is 0 Å². The average Bonchev–Trinajstić information content (AvgIpc) is 2.84. The lowest BCUT2D eigenvalue weighted by molar-refractivity contribution is 0.726. The molecule has 0 bridgehead atoms. The lowest BCUT2D eigenvalue weighted by Gasteiger charge is -2.23. The van der Waals surface area contributed by atoms with E-state index < -0.39 is 0 Å². The first-order chi connectivity index (χ1) is 12.2. The highest BCUT2D eigenvalue weighted by atomic mass is 32.1. The van der Waals surface area contributed by atoms with Gasteiger partial charge in [0.05, 0.1) is 10.2 Å². The minimum Gasteiger partial charge on any atom is -0.393 e. The van der Waals surface area contributed by atoms with E-state index >= 15 is 0 Å². The summed E-state index contributed by atoms with van der Waals surface area (Å²) in [6, 6.07) is 6.20.